The topological polar surface area (TPSA) is 30.5 Å². The summed E-state index contributed by atoms with van der Waals surface area (Å²) in [5.41, 5.74) is 4.53. The van der Waals surface area contributed by atoms with Gasteiger partial charge in [0.15, 0.2) is 0 Å². The molecule has 3 nitrogen and oxygen atoms in total. The maximum absolute atomic E-state index is 5.64. The van der Waals surface area contributed by atoms with Crippen LogP contribution < -0.4 is 14.8 Å². The fourth-order valence-corrected chi connectivity index (χ4v) is 7.76. The van der Waals surface area contributed by atoms with E-state index in [4.69, 9.17) is 9.47 Å². The average Bonchev–Trinajstić information content (AvgIpc) is 2.79. The van der Waals surface area contributed by atoms with Gasteiger partial charge in [-0.15, -0.1) is 0 Å². The highest BCUT2D eigenvalue weighted by atomic mass is 79.9. The first-order valence-electron chi connectivity index (χ1n) is 11.7. The summed E-state index contributed by atoms with van der Waals surface area (Å²) in [5.74, 6) is 4.12. The number of rotatable bonds is 4. The van der Waals surface area contributed by atoms with Gasteiger partial charge in [0.2, 0.25) is 0 Å². The van der Waals surface area contributed by atoms with Gasteiger partial charge < -0.3 is 14.8 Å². The van der Waals surface area contributed by atoms with E-state index in [9.17, 15) is 0 Å². The second kappa shape index (κ2) is 8.35. The van der Waals surface area contributed by atoms with Gasteiger partial charge in [0.25, 0.3) is 0 Å². The molecule has 6 atom stereocenters. The minimum Gasteiger partial charge on any atom is -0.497 e. The minimum absolute atomic E-state index is 0.302. The lowest BCUT2D eigenvalue weighted by Gasteiger charge is -2.58. The van der Waals surface area contributed by atoms with E-state index in [-0.39, 0.29) is 0 Å². The normalized spacial score (nSPS) is 34.1. The molecule has 0 aromatic heterocycles. The molecule has 2 fully saturated rings. The number of hydrogen-bond donors (Lipinski definition) is 1. The van der Waals surface area contributed by atoms with Crippen LogP contribution in [0.15, 0.2) is 42.5 Å². The third-order valence-corrected chi connectivity index (χ3v) is 9.35. The molecule has 2 aromatic carbocycles. The van der Waals surface area contributed by atoms with Gasteiger partial charge in [-0.2, -0.15) is 0 Å². The van der Waals surface area contributed by atoms with Crippen molar-refractivity contribution in [2.75, 3.05) is 19.5 Å². The van der Waals surface area contributed by atoms with E-state index in [2.05, 4.69) is 64.6 Å². The highest BCUT2D eigenvalue weighted by molar-refractivity contribution is 9.09. The number of methoxy groups -OCH3 is 2. The Bertz CT molecular complexity index is 947. The minimum atomic E-state index is 0.302. The highest BCUT2D eigenvalue weighted by Crippen LogP contribution is 2.60. The Morgan fingerprint density at radius 2 is 1.87 bits per heavy atom. The van der Waals surface area contributed by atoms with Gasteiger partial charge in [-0.25, -0.2) is 0 Å². The van der Waals surface area contributed by atoms with Crippen LogP contribution in [0.25, 0.3) is 0 Å². The van der Waals surface area contributed by atoms with Crippen LogP contribution in [0.4, 0.5) is 5.69 Å². The first kappa shape index (κ1) is 21.2. The number of ether oxygens (including phenoxy) is 2. The molecule has 0 aliphatic heterocycles. The molecule has 5 rings (SSSR count). The number of anilines is 1. The molecule has 0 heterocycles. The van der Waals surface area contributed by atoms with E-state index < -0.39 is 0 Å². The lowest BCUT2D eigenvalue weighted by Crippen LogP contribution is -2.55. The summed E-state index contributed by atoms with van der Waals surface area (Å²) in [5, 5.41) is 3.93. The number of para-hydroxylation sites is 2. The molecule has 3 aliphatic carbocycles. The molecule has 2 aromatic rings. The standard InChI is InChI=1S/C27H34BrNO2/c1-27-13-12-21-20-11-9-19(30-2)14-17(20)8-10-22(21)23(27)15-18(28)16-26(27)29-24-6-4-5-7-25(24)31-3/h4-7,9,11,14,18,21-23,26,29H,8,10,12-13,15-16H2,1-3H3/t18-,21+,22+,23-,26-,27-/m0/s1. The molecule has 0 radical (unpaired) electrons. The molecular weight excluding hydrogens is 450 g/mol. The summed E-state index contributed by atoms with van der Waals surface area (Å²) < 4.78 is 11.1. The number of aryl methyl sites for hydroxylation is 1. The first-order chi connectivity index (χ1) is 15.0. The molecule has 1 N–H and O–H groups in total. The number of fused-ring (bicyclic) bond motifs is 5. The SMILES string of the molecule is COc1ccc2c(c1)CC[C@@H]1[C@@H]2CC[C@]2(C)[C@@H](Nc3ccccc3OC)C[C@@H](Br)C[C@@H]12. The molecule has 0 saturated heterocycles. The summed E-state index contributed by atoms with van der Waals surface area (Å²) in [4.78, 5) is 0.564. The van der Waals surface area contributed by atoms with E-state index in [1.165, 1.54) is 37.7 Å². The summed E-state index contributed by atoms with van der Waals surface area (Å²) >= 11 is 4.04. The van der Waals surface area contributed by atoms with Crippen molar-refractivity contribution in [2.24, 2.45) is 17.3 Å². The summed E-state index contributed by atoms with van der Waals surface area (Å²) in [6.07, 6.45) is 7.48. The van der Waals surface area contributed by atoms with E-state index in [0.29, 0.717) is 22.2 Å². The van der Waals surface area contributed by atoms with Gasteiger partial charge in [-0.1, -0.05) is 41.1 Å². The molecule has 0 bridgehead atoms. The van der Waals surface area contributed by atoms with E-state index in [0.717, 1.165) is 35.4 Å². The zero-order chi connectivity index (χ0) is 21.6. The molecule has 2 saturated carbocycles. The highest BCUT2D eigenvalue weighted by Gasteiger charge is 2.54. The van der Waals surface area contributed by atoms with E-state index in [1.807, 2.05) is 6.07 Å². The van der Waals surface area contributed by atoms with Crippen molar-refractivity contribution in [3.05, 3.63) is 53.6 Å². The van der Waals surface area contributed by atoms with Crippen LogP contribution in [0.2, 0.25) is 0 Å². The summed E-state index contributed by atoms with van der Waals surface area (Å²) in [7, 11) is 3.53. The molecule has 3 aliphatic rings. The number of alkyl halides is 1. The van der Waals surface area contributed by atoms with Crippen molar-refractivity contribution in [3.63, 3.8) is 0 Å². The largest absolute Gasteiger partial charge is 0.497 e. The zero-order valence-electron chi connectivity index (χ0n) is 18.9. The van der Waals surface area contributed by atoms with Gasteiger partial charge in [0.1, 0.15) is 11.5 Å². The van der Waals surface area contributed by atoms with Gasteiger partial charge in [-0.05, 0) is 97.1 Å². The first-order valence-corrected chi connectivity index (χ1v) is 12.7. The smallest absolute Gasteiger partial charge is 0.141 e. The molecule has 0 spiro atoms. The van der Waals surface area contributed by atoms with Crippen molar-refractivity contribution in [1.29, 1.82) is 0 Å². The lowest BCUT2D eigenvalue weighted by atomic mass is 9.49. The Morgan fingerprint density at radius 1 is 1.03 bits per heavy atom. The van der Waals surface area contributed by atoms with E-state index in [1.54, 1.807) is 19.8 Å². The number of nitrogens with one attached hydrogen (secondary N) is 1. The van der Waals surface area contributed by atoms with Crippen molar-refractivity contribution in [3.8, 4) is 11.5 Å². The Kier molecular flexibility index (Phi) is 5.70. The van der Waals surface area contributed by atoms with Crippen LogP contribution in [-0.4, -0.2) is 25.1 Å². The summed E-state index contributed by atoms with van der Waals surface area (Å²) in [6.45, 7) is 2.56. The molecule has 31 heavy (non-hydrogen) atoms. The van der Waals surface area contributed by atoms with Gasteiger partial charge >= 0.3 is 0 Å². The van der Waals surface area contributed by atoms with Crippen LogP contribution >= 0.6 is 15.9 Å². The second-order valence-corrected chi connectivity index (χ2v) is 11.3. The summed E-state index contributed by atoms with van der Waals surface area (Å²) in [6, 6.07) is 15.6. The maximum Gasteiger partial charge on any atom is 0.141 e. The van der Waals surface area contributed by atoms with Crippen molar-refractivity contribution >= 4 is 21.6 Å². The quantitative estimate of drug-likeness (QED) is 0.484. The van der Waals surface area contributed by atoms with Gasteiger partial charge in [-0.3, -0.25) is 0 Å². The predicted octanol–water partition coefficient (Wildman–Crippen LogP) is 6.80. The molecule has 4 heteroatoms. The molecule has 166 valence electrons. The third kappa shape index (κ3) is 3.65. The Balaban J connectivity index is 1.44. The predicted molar refractivity (Wildman–Crippen MR) is 131 cm³/mol. The van der Waals surface area contributed by atoms with Gasteiger partial charge in [0.05, 0.1) is 19.9 Å². The maximum atomic E-state index is 5.64. The monoisotopic (exact) mass is 483 g/mol. The van der Waals surface area contributed by atoms with Crippen LogP contribution in [-0.2, 0) is 6.42 Å². The van der Waals surface area contributed by atoms with E-state index >= 15 is 0 Å². The van der Waals surface area contributed by atoms with Crippen LogP contribution in [0.3, 0.4) is 0 Å². The Hall–Kier alpha value is -1.68. The Morgan fingerprint density at radius 3 is 2.68 bits per heavy atom. The lowest BCUT2D eigenvalue weighted by molar-refractivity contribution is -0.0110. The van der Waals surface area contributed by atoms with Crippen LogP contribution in [0, 0.1) is 17.3 Å². The zero-order valence-corrected chi connectivity index (χ0v) is 20.5. The van der Waals surface area contributed by atoms with Crippen molar-refractivity contribution in [1.82, 2.24) is 0 Å². The van der Waals surface area contributed by atoms with Crippen molar-refractivity contribution < 1.29 is 9.47 Å². The number of benzene rings is 2. The van der Waals surface area contributed by atoms with Gasteiger partial charge in [0, 0.05) is 10.9 Å². The fourth-order valence-electron chi connectivity index (χ4n) is 6.98. The Labute approximate surface area is 195 Å². The molecular formula is C27H34BrNO2. The van der Waals surface area contributed by atoms with Crippen molar-refractivity contribution in [2.45, 2.75) is 62.2 Å². The number of halogens is 1. The van der Waals surface area contributed by atoms with Crippen LogP contribution in [0.5, 0.6) is 11.5 Å². The number of hydrogen-bond acceptors (Lipinski definition) is 3. The second-order valence-electron chi connectivity index (χ2n) is 9.99. The fraction of sp³-hybridized carbons (Fsp3) is 0.556. The average molecular weight is 484 g/mol. The molecule has 0 amide bonds. The molecule has 0 unspecified atom stereocenters. The third-order valence-electron chi connectivity index (χ3n) is 8.61. The van der Waals surface area contributed by atoms with Crippen LogP contribution in [0.1, 0.15) is 56.1 Å².